The van der Waals surface area contributed by atoms with Crippen LogP contribution >= 0.6 is 23.2 Å². The zero-order valence-electron chi connectivity index (χ0n) is 20.4. The maximum atomic E-state index is 12.9. The fraction of sp³-hybridized carbons (Fsp3) is 0.185. The number of hydrogen-bond acceptors (Lipinski definition) is 5. The second kappa shape index (κ2) is 10.7. The van der Waals surface area contributed by atoms with E-state index in [1.54, 1.807) is 20.8 Å². The molecule has 0 unspecified atom stereocenters. The highest BCUT2D eigenvalue weighted by atomic mass is 35.5. The second-order valence-corrected chi connectivity index (χ2v) is 9.65. The lowest BCUT2D eigenvalue weighted by Gasteiger charge is -2.18. The molecule has 0 fully saturated rings. The van der Waals surface area contributed by atoms with Crippen LogP contribution in [0.5, 0.6) is 0 Å². The van der Waals surface area contributed by atoms with Gasteiger partial charge >= 0.3 is 6.03 Å². The lowest BCUT2D eigenvalue weighted by molar-refractivity contribution is 0.0786. The Morgan fingerprint density at radius 3 is 2.24 bits per heavy atom. The van der Waals surface area contributed by atoms with Gasteiger partial charge in [0.1, 0.15) is 5.69 Å². The molecule has 4 rings (SSSR count). The number of nitrogens with zero attached hydrogens (tertiary/aromatic N) is 3. The SMILES string of the molecule is CCn1nc(-c2cccc(-c3ccc(C(C)(C)O)cc3)c2)cc(NC(=O)Nc2c(Cl)cncc2Cl)c1=O. The predicted octanol–water partition coefficient (Wildman–Crippen LogP) is 6.17. The molecule has 0 aliphatic heterocycles. The molecule has 2 aromatic carbocycles. The van der Waals surface area contributed by atoms with Gasteiger partial charge in [0.2, 0.25) is 0 Å². The topological polar surface area (TPSA) is 109 Å². The van der Waals surface area contributed by atoms with Crippen molar-refractivity contribution in [2.75, 3.05) is 10.6 Å². The molecule has 0 saturated carbocycles. The largest absolute Gasteiger partial charge is 0.386 e. The van der Waals surface area contributed by atoms with Crippen molar-refractivity contribution in [1.29, 1.82) is 0 Å². The molecule has 3 N–H and O–H groups in total. The Bertz CT molecular complexity index is 1490. The molecule has 4 aromatic rings. The molecule has 190 valence electrons. The molecule has 0 saturated heterocycles. The van der Waals surface area contributed by atoms with Gasteiger partial charge < -0.3 is 15.7 Å². The van der Waals surface area contributed by atoms with Crippen LogP contribution in [0.2, 0.25) is 10.0 Å². The monoisotopic (exact) mass is 537 g/mol. The van der Waals surface area contributed by atoms with Crippen LogP contribution in [-0.2, 0) is 12.1 Å². The van der Waals surface area contributed by atoms with Gasteiger partial charge in [-0.25, -0.2) is 9.48 Å². The molecule has 37 heavy (non-hydrogen) atoms. The van der Waals surface area contributed by atoms with E-state index >= 15 is 0 Å². The number of amides is 2. The van der Waals surface area contributed by atoms with Crippen LogP contribution in [0.1, 0.15) is 26.3 Å². The van der Waals surface area contributed by atoms with Crippen LogP contribution in [0.3, 0.4) is 0 Å². The normalized spacial score (nSPS) is 11.3. The Labute approximate surface area is 223 Å². The first-order valence-electron chi connectivity index (χ1n) is 11.5. The number of aryl methyl sites for hydroxylation is 1. The number of nitrogens with one attached hydrogen (secondary N) is 2. The molecular formula is C27H25Cl2N5O3. The summed E-state index contributed by atoms with van der Waals surface area (Å²) >= 11 is 12.2. The van der Waals surface area contributed by atoms with Gasteiger partial charge in [-0.3, -0.25) is 9.78 Å². The average molecular weight is 538 g/mol. The smallest absolute Gasteiger partial charge is 0.323 e. The zero-order valence-corrected chi connectivity index (χ0v) is 21.9. The molecule has 10 heteroatoms. The van der Waals surface area contributed by atoms with Crippen LogP contribution in [0.25, 0.3) is 22.4 Å². The first-order chi connectivity index (χ1) is 17.6. The molecular weight excluding hydrogens is 513 g/mol. The standard InChI is InChI=1S/C27H25Cl2N5O3/c1-4-34-25(35)23(31-26(36)32-24-20(28)14-30-15-21(24)29)13-22(33-34)18-7-5-6-17(12-18)16-8-10-19(11-9-16)27(2,3)37/h5-15,37H,4H2,1-3H3,(H2,30,31,32,36). The van der Waals surface area contributed by atoms with Gasteiger partial charge in [0.05, 0.1) is 27.0 Å². The minimum absolute atomic E-state index is 0.0468. The van der Waals surface area contributed by atoms with E-state index in [0.29, 0.717) is 12.2 Å². The van der Waals surface area contributed by atoms with E-state index < -0.39 is 17.2 Å². The van der Waals surface area contributed by atoms with E-state index in [1.807, 2.05) is 48.5 Å². The number of urea groups is 1. The highest BCUT2D eigenvalue weighted by Crippen LogP contribution is 2.30. The van der Waals surface area contributed by atoms with E-state index in [4.69, 9.17) is 23.2 Å². The van der Waals surface area contributed by atoms with E-state index in [9.17, 15) is 14.7 Å². The Hall–Kier alpha value is -3.72. The number of pyridine rings is 1. The molecule has 2 heterocycles. The maximum absolute atomic E-state index is 12.9. The van der Waals surface area contributed by atoms with Crippen molar-refractivity contribution in [3.05, 3.63) is 93.0 Å². The van der Waals surface area contributed by atoms with Gasteiger partial charge in [0.25, 0.3) is 5.56 Å². The van der Waals surface area contributed by atoms with Gasteiger partial charge in [0, 0.05) is 24.5 Å². The Kier molecular flexibility index (Phi) is 7.63. The van der Waals surface area contributed by atoms with Crippen molar-refractivity contribution in [3.8, 4) is 22.4 Å². The molecule has 0 spiro atoms. The summed E-state index contributed by atoms with van der Waals surface area (Å²) in [5, 5.41) is 20.2. The highest BCUT2D eigenvalue weighted by Gasteiger charge is 2.17. The van der Waals surface area contributed by atoms with Crippen molar-refractivity contribution in [2.24, 2.45) is 0 Å². The third kappa shape index (κ3) is 5.99. The average Bonchev–Trinajstić information content (AvgIpc) is 2.87. The van der Waals surface area contributed by atoms with Crippen molar-refractivity contribution >= 4 is 40.6 Å². The second-order valence-electron chi connectivity index (χ2n) is 8.84. The number of rotatable bonds is 6. The van der Waals surface area contributed by atoms with E-state index in [-0.39, 0.29) is 21.4 Å². The maximum Gasteiger partial charge on any atom is 0.323 e. The molecule has 8 nitrogen and oxygen atoms in total. The molecule has 0 aliphatic carbocycles. The minimum atomic E-state index is -0.929. The third-order valence-corrected chi connectivity index (χ3v) is 6.27. The molecule has 0 atom stereocenters. The number of aromatic nitrogens is 3. The summed E-state index contributed by atoms with van der Waals surface area (Å²) in [4.78, 5) is 29.4. The number of halogens is 2. The number of carbonyl (C=O) groups is 1. The predicted molar refractivity (Wildman–Crippen MR) is 147 cm³/mol. The Morgan fingerprint density at radius 1 is 0.973 bits per heavy atom. The minimum Gasteiger partial charge on any atom is -0.386 e. The van der Waals surface area contributed by atoms with Crippen molar-refractivity contribution in [1.82, 2.24) is 14.8 Å². The van der Waals surface area contributed by atoms with Crippen LogP contribution in [0, 0.1) is 0 Å². The third-order valence-electron chi connectivity index (χ3n) is 5.70. The highest BCUT2D eigenvalue weighted by molar-refractivity contribution is 6.39. The van der Waals surface area contributed by atoms with Crippen LogP contribution < -0.4 is 16.2 Å². The summed E-state index contributed by atoms with van der Waals surface area (Å²) in [5.41, 5.74) is 2.82. The number of anilines is 2. The lowest BCUT2D eigenvalue weighted by Crippen LogP contribution is -2.29. The Balaban J connectivity index is 1.65. The van der Waals surface area contributed by atoms with Crippen LogP contribution in [-0.4, -0.2) is 25.9 Å². The first-order valence-corrected chi connectivity index (χ1v) is 12.3. The van der Waals surface area contributed by atoms with Crippen LogP contribution in [0.4, 0.5) is 16.2 Å². The summed E-state index contributed by atoms with van der Waals surface area (Å²) in [6.45, 7) is 5.58. The van der Waals surface area contributed by atoms with Crippen molar-refractivity contribution in [3.63, 3.8) is 0 Å². The molecule has 0 bridgehead atoms. The quantitative estimate of drug-likeness (QED) is 0.272. The number of carbonyl (C=O) groups excluding carboxylic acids is 1. The van der Waals surface area contributed by atoms with Crippen LogP contribution in [0.15, 0.2) is 71.8 Å². The fourth-order valence-corrected chi connectivity index (χ4v) is 4.17. The van der Waals surface area contributed by atoms with Crippen molar-refractivity contribution in [2.45, 2.75) is 32.9 Å². The zero-order chi connectivity index (χ0) is 26.7. The lowest BCUT2D eigenvalue weighted by atomic mass is 9.95. The van der Waals surface area contributed by atoms with Gasteiger partial charge in [-0.15, -0.1) is 0 Å². The van der Waals surface area contributed by atoms with E-state index in [1.165, 1.54) is 23.1 Å². The summed E-state index contributed by atoms with van der Waals surface area (Å²) in [5.74, 6) is 0. The number of aliphatic hydroxyl groups is 1. The summed E-state index contributed by atoms with van der Waals surface area (Å²) in [6, 6.07) is 16.2. The van der Waals surface area contributed by atoms with Gasteiger partial charge in [-0.2, -0.15) is 5.10 Å². The molecule has 2 aromatic heterocycles. The summed E-state index contributed by atoms with van der Waals surface area (Å²) < 4.78 is 1.28. The molecule has 0 radical (unpaired) electrons. The fourth-order valence-electron chi connectivity index (χ4n) is 3.71. The first kappa shape index (κ1) is 26.3. The van der Waals surface area contributed by atoms with E-state index in [0.717, 1.165) is 22.3 Å². The molecule has 2 amide bonds. The summed E-state index contributed by atoms with van der Waals surface area (Å²) in [6.07, 6.45) is 2.70. The van der Waals surface area contributed by atoms with Crippen molar-refractivity contribution < 1.29 is 9.90 Å². The Morgan fingerprint density at radius 2 is 1.62 bits per heavy atom. The van der Waals surface area contributed by atoms with Gasteiger partial charge in [0.15, 0.2) is 0 Å². The van der Waals surface area contributed by atoms with Gasteiger partial charge in [-0.1, -0.05) is 65.7 Å². The van der Waals surface area contributed by atoms with E-state index in [2.05, 4.69) is 20.7 Å². The number of benzene rings is 2. The summed E-state index contributed by atoms with van der Waals surface area (Å²) in [7, 11) is 0. The molecule has 0 aliphatic rings. The van der Waals surface area contributed by atoms with Gasteiger partial charge in [-0.05, 0) is 49.6 Å². The number of hydrogen-bond donors (Lipinski definition) is 3.